The maximum absolute atomic E-state index is 11.8. The highest BCUT2D eigenvalue weighted by atomic mass is 16.5. The van der Waals surface area contributed by atoms with Crippen molar-refractivity contribution in [3.05, 3.63) is 24.3 Å². The summed E-state index contributed by atoms with van der Waals surface area (Å²) in [6, 6.07) is 7.94. The molecule has 18 heavy (non-hydrogen) atoms. The van der Waals surface area contributed by atoms with Gasteiger partial charge in [0.05, 0.1) is 19.3 Å². The Balaban J connectivity index is 1.82. The van der Waals surface area contributed by atoms with Crippen molar-refractivity contribution in [3.63, 3.8) is 0 Å². The number of para-hydroxylation sites is 2. The van der Waals surface area contributed by atoms with E-state index < -0.39 is 0 Å². The van der Waals surface area contributed by atoms with Gasteiger partial charge in [-0.1, -0.05) is 25.0 Å². The van der Waals surface area contributed by atoms with E-state index in [0.717, 1.165) is 5.69 Å². The Bertz CT molecular complexity index is 401. The third-order valence-corrected chi connectivity index (χ3v) is 3.29. The highest BCUT2D eigenvalue weighted by Crippen LogP contribution is 2.22. The Kier molecular flexibility index (Phi) is 4.59. The quantitative estimate of drug-likeness (QED) is 0.839. The molecule has 0 atom stereocenters. The van der Waals surface area contributed by atoms with Gasteiger partial charge in [-0.05, 0) is 25.0 Å². The standard InChI is InChI=1S/C14H20N2O2/c1-18-13-9-5-4-8-12(13)16-14(17)10-15-11-6-2-3-7-11/h4-5,8-9,11,15H,2-3,6-7,10H2,1H3,(H,16,17). The average molecular weight is 248 g/mol. The monoisotopic (exact) mass is 248 g/mol. The number of benzene rings is 1. The molecular weight excluding hydrogens is 228 g/mol. The van der Waals surface area contributed by atoms with Gasteiger partial charge >= 0.3 is 0 Å². The SMILES string of the molecule is COc1ccccc1NC(=O)CNC1CCCC1. The van der Waals surface area contributed by atoms with E-state index in [4.69, 9.17) is 4.74 Å². The van der Waals surface area contributed by atoms with E-state index in [1.165, 1.54) is 25.7 Å². The van der Waals surface area contributed by atoms with Crippen molar-refractivity contribution in [2.45, 2.75) is 31.7 Å². The second kappa shape index (κ2) is 6.40. The van der Waals surface area contributed by atoms with Crippen molar-refractivity contribution in [1.29, 1.82) is 0 Å². The zero-order valence-corrected chi connectivity index (χ0v) is 10.7. The molecule has 1 aromatic carbocycles. The minimum atomic E-state index is -0.0219. The molecule has 4 heteroatoms. The molecule has 1 amide bonds. The number of carbonyl (C=O) groups excluding carboxylic acids is 1. The van der Waals surface area contributed by atoms with Crippen LogP contribution < -0.4 is 15.4 Å². The summed E-state index contributed by atoms with van der Waals surface area (Å²) in [5, 5.41) is 6.15. The van der Waals surface area contributed by atoms with Crippen molar-refractivity contribution < 1.29 is 9.53 Å². The van der Waals surface area contributed by atoms with Gasteiger partial charge in [0.1, 0.15) is 5.75 Å². The van der Waals surface area contributed by atoms with Crippen LogP contribution in [0, 0.1) is 0 Å². The van der Waals surface area contributed by atoms with E-state index in [0.29, 0.717) is 18.3 Å². The van der Waals surface area contributed by atoms with Crippen molar-refractivity contribution in [2.24, 2.45) is 0 Å². The number of anilines is 1. The number of ether oxygens (including phenoxy) is 1. The van der Waals surface area contributed by atoms with Crippen LogP contribution in [0.3, 0.4) is 0 Å². The van der Waals surface area contributed by atoms with Crippen molar-refractivity contribution in [3.8, 4) is 5.75 Å². The Morgan fingerprint density at radius 2 is 2.06 bits per heavy atom. The van der Waals surface area contributed by atoms with Gasteiger partial charge in [0, 0.05) is 6.04 Å². The molecule has 2 rings (SSSR count). The molecule has 0 unspecified atom stereocenters. The fraction of sp³-hybridized carbons (Fsp3) is 0.500. The molecule has 0 radical (unpaired) electrons. The lowest BCUT2D eigenvalue weighted by molar-refractivity contribution is -0.115. The molecule has 1 aromatic rings. The summed E-state index contributed by atoms with van der Waals surface area (Å²) < 4.78 is 5.19. The fourth-order valence-electron chi connectivity index (χ4n) is 2.31. The summed E-state index contributed by atoms with van der Waals surface area (Å²) in [5.74, 6) is 0.665. The van der Waals surface area contributed by atoms with Gasteiger partial charge in [0.15, 0.2) is 0 Å². The lowest BCUT2D eigenvalue weighted by Crippen LogP contribution is -2.34. The molecule has 1 aliphatic carbocycles. The third-order valence-electron chi connectivity index (χ3n) is 3.29. The van der Waals surface area contributed by atoms with Crippen LogP contribution in [0.15, 0.2) is 24.3 Å². The lowest BCUT2D eigenvalue weighted by Gasteiger charge is -2.13. The van der Waals surface area contributed by atoms with Crippen LogP contribution in [0.1, 0.15) is 25.7 Å². The number of hydrogen-bond donors (Lipinski definition) is 2. The van der Waals surface area contributed by atoms with Gasteiger partial charge < -0.3 is 15.4 Å². The molecule has 1 aliphatic rings. The van der Waals surface area contributed by atoms with Crippen LogP contribution in [0.5, 0.6) is 5.75 Å². The minimum absolute atomic E-state index is 0.0219. The Morgan fingerprint density at radius 1 is 1.33 bits per heavy atom. The molecule has 0 aromatic heterocycles. The van der Waals surface area contributed by atoms with E-state index in [1.54, 1.807) is 7.11 Å². The minimum Gasteiger partial charge on any atom is -0.495 e. The summed E-state index contributed by atoms with van der Waals surface area (Å²) in [6.07, 6.45) is 4.90. The number of carbonyl (C=O) groups is 1. The fourth-order valence-corrected chi connectivity index (χ4v) is 2.31. The van der Waals surface area contributed by atoms with Crippen LogP contribution in [-0.4, -0.2) is 25.6 Å². The Morgan fingerprint density at radius 3 is 2.78 bits per heavy atom. The molecular formula is C14H20N2O2. The molecule has 98 valence electrons. The number of nitrogens with one attached hydrogen (secondary N) is 2. The molecule has 1 fully saturated rings. The molecule has 0 saturated heterocycles. The molecule has 2 N–H and O–H groups in total. The van der Waals surface area contributed by atoms with E-state index in [9.17, 15) is 4.79 Å². The van der Waals surface area contributed by atoms with Gasteiger partial charge in [-0.25, -0.2) is 0 Å². The third kappa shape index (κ3) is 3.47. The maximum Gasteiger partial charge on any atom is 0.238 e. The van der Waals surface area contributed by atoms with E-state index in [-0.39, 0.29) is 5.91 Å². The topological polar surface area (TPSA) is 50.4 Å². The van der Waals surface area contributed by atoms with E-state index >= 15 is 0 Å². The Labute approximate surface area is 108 Å². The second-order valence-corrected chi connectivity index (χ2v) is 4.61. The smallest absolute Gasteiger partial charge is 0.238 e. The maximum atomic E-state index is 11.8. The van der Waals surface area contributed by atoms with Gasteiger partial charge in [-0.2, -0.15) is 0 Å². The van der Waals surface area contributed by atoms with E-state index in [1.807, 2.05) is 24.3 Å². The predicted molar refractivity (Wildman–Crippen MR) is 71.9 cm³/mol. The van der Waals surface area contributed by atoms with Crippen LogP contribution in [0.25, 0.3) is 0 Å². The van der Waals surface area contributed by atoms with Crippen LogP contribution in [0.4, 0.5) is 5.69 Å². The summed E-state index contributed by atoms with van der Waals surface area (Å²) in [5.41, 5.74) is 0.721. The molecule has 0 heterocycles. The van der Waals surface area contributed by atoms with Gasteiger partial charge in [-0.15, -0.1) is 0 Å². The number of methoxy groups -OCH3 is 1. The Hall–Kier alpha value is -1.55. The average Bonchev–Trinajstić information content (AvgIpc) is 2.90. The summed E-state index contributed by atoms with van der Waals surface area (Å²) in [7, 11) is 1.60. The summed E-state index contributed by atoms with van der Waals surface area (Å²) in [6.45, 7) is 0.364. The zero-order chi connectivity index (χ0) is 12.8. The second-order valence-electron chi connectivity index (χ2n) is 4.61. The first-order valence-corrected chi connectivity index (χ1v) is 6.46. The van der Waals surface area contributed by atoms with Crippen LogP contribution in [0.2, 0.25) is 0 Å². The molecule has 0 spiro atoms. The first kappa shape index (κ1) is 12.9. The van der Waals surface area contributed by atoms with E-state index in [2.05, 4.69) is 10.6 Å². The number of rotatable bonds is 5. The predicted octanol–water partition coefficient (Wildman–Crippen LogP) is 2.17. The summed E-state index contributed by atoms with van der Waals surface area (Å²) in [4.78, 5) is 11.8. The van der Waals surface area contributed by atoms with Crippen LogP contribution >= 0.6 is 0 Å². The molecule has 0 aliphatic heterocycles. The largest absolute Gasteiger partial charge is 0.495 e. The van der Waals surface area contributed by atoms with Gasteiger partial charge in [0.25, 0.3) is 0 Å². The zero-order valence-electron chi connectivity index (χ0n) is 10.7. The lowest BCUT2D eigenvalue weighted by atomic mass is 10.2. The van der Waals surface area contributed by atoms with Crippen molar-refractivity contribution in [1.82, 2.24) is 5.32 Å². The van der Waals surface area contributed by atoms with Crippen LogP contribution in [-0.2, 0) is 4.79 Å². The highest BCUT2D eigenvalue weighted by Gasteiger charge is 2.15. The number of hydrogen-bond acceptors (Lipinski definition) is 3. The first-order chi connectivity index (χ1) is 8.79. The summed E-state index contributed by atoms with van der Waals surface area (Å²) >= 11 is 0. The molecule has 4 nitrogen and oxygen atoms in total. The highest BCUT2D eigenvalue weighted by molar-refractivity contribution is 5.93. The molecule has 0 bridgehead atoms. The molecule has 1 saturated carbocycles. The van der Waals surface area contributed by atoms with Gasteiger partial charge in [0.2, 0.25) is 5.91 Å². The van der Waals surface area contributed by atoms with Gasteiger partial charge in [-0.3, -0.25) is 4.79 Å². The normalized spacial score (nSPS) is 15.6. The van der Waals surface area contributed by atoms with Crippen molar-refractivity contribution >= 4 is 11.6 Å². The first-order valence-electron chi connectivity index (χ1n) is 6.46. The van der Waals surface area contributed by atoms with Crippen molar-refractivity contribution in [2.75, 3.05) is 19.0 Å². The number of amides is 1.